The Bertz CT molecular complexity index is 1030. The number of imidazole rings is 1. The highest BCUT2D eigenvalue weighted by atomic mass is 79.9. The van der Waals surface area contributed by atoms with E-state index in [2.05, 4.69) is 20.9 Å². The zero-order chi connectivity index (χ0) is 20.3. The highest BCUT2D eigenvalue weighted by Crippen LogP contribution is 2.38. The predicted octanol–water partition coefficient (Wildman–Crippen LogP) is 2.55. The first kappa shape index (κ1) is 20.7. The fourth-order valence-electron chi connectivity index (χ4n) is 2.77. The minimum atomic E-state index is -4.36. The molecule has 148 valence electrons. The first-order valence-corrected chi connectivity index (χ1v) is 11.0. The molecule has 1 heterocycles. The number of nitrogens with zero attached hydrogens (tertiary/aromatic N) is 2. The molecule has 4 N–H and O–H groups in total. The summed E-state index contributed by atoms with van der Waals surface area (Å²) in [5, 5.41) is 0. The van der Waals surface area contributed by atoms with Crippen LogP contribution in [0.25, 0.3) is 11.0 Å². The quantitative estimate of drug-likeness (QED) is 0.359. The van der Waals surface area contributed by atoms with Crippen LogP contribution in [0.15, 0.2) is 53.0 Å². The average molecular weight is 468 g/mol. The minimum Gasteiger partial charge on any atom is -0.460 e. The van der Waals surface area contributed by atoms with Gasteiger partial charge in [-0.15, -0.1) is 0 Å². The molecule has 0 fully saturated rings. The van der Waals surface area contributed by atoms with Crippen molar-refractivity contribution in [1.82, 2.24) is 9.55 Å². The van der Waals surface area contributed by atoms with Crippen molar-refractivity contribution in [1.29, 1.82) is 0 Å². The molecule has 10 heteroatoms. The Morgan fingerprint density at radius 1 is 1.25 bits per heavy atom. The molecule has 0 aliphatic carbocycles. The monoisotopic (exact) mass is 467 g/mol. The van der Waals surface area contributed by atoms with Crippen LogP contribution in [0.1, 0.15) is 11.4 Å². The Morgan fingerprint density at radius 2 is 1.96 bits per heavy atom. The lowest BCUT2D eigenvalue weighted by atomic mass is 10.2. The second kappa shape index (κ2) is 8.55. The maximum atomic E-state index is 12.2. The lowest BCUT2D eigenvalue weighted by Gasteiger charge is -2.14. The van der Waals surface area contributed by atoms with Crippen LogP contribution in [0.5, 0.6) is 0 Å². The van der Waals surface area contributed by atoms with E-state index in [0.29, 0.717) is 16.9 Å². The lowest BCUT2D eigenvalue weighted by molar-refractivity contribution is -0.146. The van der Waals surface area contributed by atoms with Gasteiger partial charge in [-0.05, 0) is 23.8 Å². The summed E-state index contributed by atoms with van der Waals surface area (Å²) in [6.07, 6.45) is -0.563. The molecule has 1 aromatic heterocycles. The molecule has 1 atom stereocenters. The molecule has 0 aliphatic heterocycles. The van der Waals surface area contributed by atoms with Crippen molar-refractivity contribution in [2.75, 3.05) is 0 Å². The van der Waals surface area contributed by atoms with Gasteiger partial charge in [-0.1, -0.05) is 46.3 Å². The molecule has 0 aliphatic rings. The molecule has 2 aromatic carbocycles. The number of hydrogen-bond donors (Lipinski definition) is 3. The van der Waals surface area contributed by atoms with E-state index in [0.717, 1.165) is 10.0 Å². The van der Waals surface area contributed by atoms with Gasteiger partial charge in [0.1, 0.15) is 24.8 Å². The number of ether oxygens (including phenoxy) is 1. The molecular weight excluding hydrogens is 449 g/mol. The van der Waals surface area contributed by atoms with Crippen molar-refractivity contribution in [2.45, 2.75) is 25.4 Å². The zero-order valence-corrected chi connectivity index (χ0v) is 17.2. The van der Waals surface area contributed by atoms with Crippen molar-refractivity contribution in [3.8, 4) is 0 Å². The number of rotatable bonds is 7. The SMILES string of the molecule is N[C@H](Cc1nc2cc(Br)ccc2n1CP(=O)(O)O)C(=O)OCc1ccccc1. The van der Waals surface area contributed by atoms with Crippen LogP contribution < -0.4 is 5.73 Å². The van der Waals surface area contributed by atoms with Crippen LogP contribution in [0, 0.1) is 0 Å². The maximum Gasteiger partial charge on any atom is 0.345 e. The Labute approximate surface area is 169 Å². The third kappa shape index (κ3) is 5.27. The van der Waals surface area contributed by atoms with E-state index in [1.165, 1.54) is 4.57 Å². The number of halogens is 1. The summed E-state index contributed by atoms with van der Waals surface area (Å²) in [5.74, 6) is -0.305. The van der Waals surface area contributed by atoms with Gasteiger partial charge in [0.2, 0.25) is 0 Å². The number of carbonyl (C=O) groups excluding carboxylic acids is 1. The van der Waals surface area contributed by atoms with E-state index >= 15 is 0 Å². The van der Waals surface area contributed by atoms with E-state index in [1.54, 1.807) is 18.2 Å². The van der Waals surface area contributed by atoms with E-state index in [4.69, 9.17) is 10.5 Å². The maximum absolute atomic E-state index is 12.2. The molecule has 0 radical (unpaired) electrons. The molecule has 0 saturated heterocycles. The third-order valence-electron chi connectivity index (χ3n) is 4.04. The molecule has 0 bridgehead atoms. The van der Waals surface area contributed by atoms with Crippen LogP contribution in [-0.2, 0) is 33.4 Å². The van der Waals surface area contributed by atoms with Crippen LogP contribution in [0.3, 0.4) is 0 Å². The van der Waals surface area contributed by atoms with E-state index in [-0.39, 0.29) is 13.0 Å². The molecule has 8 nitrogen and oxygen atoms in total. The second-order valence-corrected chi connectivity index (χ2v) is 8.83. The van der Waals surface area contributed by atoms with Gasteiger partial charge in [-0.25, -0.2) is 4.98 Å². The fraction of sp³-hybridized carbons (Fsp3) is 0.222. The van der Waals surface area contributed by atoms with E-state index in [1.807, 2.05) is 30.3 Å². The number of benzene rings is 2. The minimum absolute atomic E-state index is 0.0140. The summed E-state index contributed by atoms with van der Waals surface area (Å²) in [7, 11) is -4.36. The summed E-state index contributed by atoms with van der Waals surface area (Å²) in [6, 6.07) is 13.4. The summed E-state index contributed by atoms with van der Waals surface area (Å²) in [4.78, 5) is 35.5. The largest absolute Gasteiger partial charge is 0.460 e. The van der Waals surface area contributed by atoms with Crippen molar-refractivity contribution >= 4 is 40.5 Å². The van der Waals surface area contributed by atoms with Crippen molar-refractivity contribution < 1.29 is 23.9 Å². The number of nitrogens with two attached hydrogens (primary N) is 1. The normalized spacial score (nSPS) is 12.9. The van der Waals surface area contributed by atoms with Crippen LogP contribution in [-0.4, -0.2) is 31.3 Å². The van der Waals surface area contributed by atoms with Crippen LogP contribution in [0.4, 0.5) is 0 Å². The molecule has 3 aromatic rings. The summed E-state index contributed by atoms with van der Waals surface area (Å²) in [6.45, 7) is 0.0964. The van der Waals surface area contributed by atoms with E-state index < -0.39 is 25.9 Å². The second-order valence-electron chi connectivity index (χ2n) is 6.30. The van der Waals surface area contributed by atoms with Crippen molar-refractivity contribution in [3.63, 3.8) is 0 Å². The number of carbonyl (C=O) groups is 1. The molecule has 3 rings (SSSR count). The van der Waals surface area contributed by atoms with Crippen LogP contribution >= 0.6 is 23.5 Å². The Balaban J connectivity index is 1.79. The smallest absolute Gasteiger partial charge is 0.345 e. The Morgan fingerprint density at radius 3 is 2.64 bits per heavy atom. The fourth-order valence-corrected chi connectivity index (χ4v) is 3.80. The van der Waals surface area contributed by atoms with Crippen molar-refractivity contribution in [2.24, 2.45) is 5.73 Å². The topological polar surface area (TPSA) is 128 Å². The zero-order valence-electron chi connectivity index (χ0n) is 14.7. The lowest BCUT2D eigenvalue weighted by Crippen LogP contribution is -2.35. The number of esters is 1. The van der Waals surface area contributed by atoms with Gasteiger partial charge in [0.15, 0.2) is 0 Å². The number of fused-ring (bicyclic) bond motifs is 1. The molecule has 0 amide bonds. The highest BCUT2D eigenvalue weighted by molar-refractivity contribution is 9.10. The van der Waals surface area contributed by atoms with Crippen molar-refractivity contribution in [3.05, 3.63) is 64.4 Å². The van der Waals surface area contributed by atoms with Gasteiger partial charge >= 0.3 is 13.6 Å². The van der Waals surface area contributed by atoms with Crippen LogP contribution in [0.2, 0.25) is 0 Å². The van der Waals surface area contributed by atoms with Gasteiger partial charge in [0.05, 0.1) is 11.0 Å². The molecule has 0 spiro atoms. The predicted molar refractivity (Wildman–Crippen MR) is 107 cm³/mol. The average Bonchev–Trinajstić information content (AvgIpc) is 2.95. The number of hydrogen-bond acceptors (Lipinski definition) is 5. The summed E-state index contributed by atoms with van der Waals surface area (Å²) < 4.78 is 19.0. The van der Waals surface area contributed by atoms with Gasteiger partial charge in [-0.3, -0.25) is 9.36 Å². The molecule has 0 saturated carbocycles. The molecular formula is C18H19BrN3O5P. The van der Waals surface area contributed by atoms with Gasteiger partial charge in [0.25, 0.3) is 0 Å². The Kier molecular flexibility index (Phi) is 6.32. The third-order valence-corrected chi connectivity index (χ3v) is 5.19. The summed E-state index contributed by atoms with van der Waals surface area (Å²) >= 11 is 3.34. The molecule has 28 heavy (non-hydrogen) atoms. The summed E-state index contributed by atoms with van der Waals surface area (Å²) in [5.41, 5.74) is 7.89. The van der Waals surface area contributed by atoms with E-state index in [9.17, 15) is 19.1 Å². The molecule has 0 unspecified atom stereocenters. The number of aromatic nitrogens is 2. The standard InChI is InChI=1S/C18H19BrN3O5P/c19-13-6-7-16-15(8-13)21-17(22(16)11-28(24,25)26)9-14(20)18(23)27-10-12-4-2-1-3-5-12/h1-8,14H,9-11,20H2,(H2,24,25,26)/t14-/m1/s1. The first-order valence-electron chi connectivity index (χ1n) is 8.38. The highest BCUT2D eigenvalue weighted by Gasteiger charge is 2.24. The van der Waals surface area contributed by atoms with Gasteiger partial charge in [0, 0.05) is 10.9 Å². The van der Waals surface area contributed by atoms with Gasteiger partial charge in [-0.2, -0.15) is 0 Å². The van der Waals surface area contributed by atoms with Gasteiger partial charge < -0.3 is 24.8 Å². The Hall–Kier alpha value is -2.03. The first-order chi connectivity index (χ1) is 13.2.